The van der Waals surface area contributed by atoms with Crippen LogP contribution in [0.4, 0.5) is 18.0 Å². The van der Waals surface area contributed by atoms with Gasteiger partial charge in [0.15, 0.2) is 5.69 Å². The first-order valence-electron chi connectivity index (χ1n) is 14.6. The van der Waals surface area contributed by atoms with Gasteiger partial charge in [0.1, 0.15) is 19.2 Å². The van der Waals surface area contributed by atoms with Crippen LogP contribution in [0.25, 0.3) is 16.9 Å². The molecule has 1 fully saturated rings. The van der Waals surface area contributed by atoms with Crippen molar-refractivity contribution in [2.75, 3.05) is 19.7 Å². The van der Waals surface area contributed by atoms with E-state index in [1.807, 2.05) is 11.6 Å². The van der Waals surface area contributed by atoms with Crippen molar-refractivity contribution in [3.8, 4) is 16.9 Å². The van der Waals surface area contributed by atoms with E-state index in [0.29, 0.717) is 5.56 Å². The number of esters is 1. The first kappa shape index (κ1) is 36.4. The molecule has 16 nitrogen and oxygen atoms in total. The van der Waals surface area contributed by atoms with Crippen LogP contribution in [-0.4, -0.2) is 78.3 Å². The number of halogens is 3. The monoisotopic (exact) mass is 712 g/mol. The number of rotatable bonds is 13. The van der Waals surface area contributed by atoms with Gasteiger partial charge in [0.25, 0.3) is 16.3 Å². The highest BCUT2D eigenvalue weighted by Gasteiger charge is 2.37. The molecule has 0 bridgehead atoms. The maximum Gasteiger partial charge on any atom is 0.511 e. The Morgan fingerprint density at radius 2 is 1.76 bits per heavy atom. The molecule has 1 atom stereocenters. The standard InChI is InChI=1S/C29H31F3N6O10S/c1-4-45-28(41)46-19(3)48-35-38(42)36-16-22(17-36)47-27(40)14-13-26(39)34-49(43,44)23-11-9-21(10-12-23)37-24(15-25(33-37)29(30,31)32)20-7-5-18(2)6-8-20/h5-12,15,19,22H,4,13-14,16-17H2,1-3H3,(H,34,39). The van der Waals surface area contributed by atoms with Gasteiger partial charge >= 0.3 is 18.3 Å². The Bertz CT molecular complexity index is 1790. The van der Waals surface area contributed by atoms with Crippen molar-refractivity contribution in [1.82, 2.24) is 19.5 Å². The third-order valence-corrected chi connectivity index (χ3v) is 8.09. The molecule has 0 aliphatic carbocycles. The Kier molecular flexibility index (Phi) is 11.3. The highest BCUT2D eigenvalue weighted by molar-refractivity contribution is 7.90. The maximum atomic E-state index is 13.5. The topological polar surface area (TPSA) is 194 Å². The van der Waals surface area contributed by atoms with E-state index in [0.717, 1.165) is 33.5 Å². The zero-order valence-corrected chi connectivity index (χ0v) is 27.1. The summed E-state index contributed by atoms with van der Waals surface area (Å²) in [5, 5.41) is 19.9. The summed E-state index contributed by atoms with van der Waals surface area (Å²) in [4.78, 5) is 40.2. The number of amides is 1. The molecular weight excluding hydrogens is 681 g/mol. The van der Waals surface area contributed by atoms with Gasteiger partial charge in [0.05, 0.1) is 34.3 Å². The number of aryl methyl sites for hydroxylation is 1. The van der Waals surface area contributed by atoms with Crippen molar-refractivity contribution in [2.24, 2.45) is 5.28 Å². The average molecular weight is 713 g/mol. The van der Waals surface area contributed by atoms with Crippen molar-refractivity contribution < 1.29 is 60.0 Å². The summed E-state index contributed by atoms with van der Waals surface area (Å²) in [6.07, 6.45) is -8.69. The van der Waals surface area contributed by atoms with Gasteiger partial charge in [-0.1, -0.05) is 29.8 Å². The molecule has 1 aromatic heterocycles. The van der Waals surface area contributed by atoms with Crippen LogP contribution in [0.5, 0.6) is 0 Å². The van der Waals surface area contributed by atoms with Crippen molar-refractivity contribution in [1.29, 1.82) is 0 Å². The molecule has 4 rings (SSSR count). The summed E-state index contributed by atoms with van der Waals surface area (Å²) >= 11 is 0. The Balaban J connectivity index is 1.27. The number of hydrogen-bond donors (Lipinski definition) is 1. The molecule has 0 saturated carbocycles. The minimum absolute atomic E-state index is 0.0612. The summed E-state index contributed by atoms with van der Waals surface area (Å²) in [6.45, 7) is 4.65. The summed E-state index contributed by atoms with van der Waals surface area (Å²) in [5.74, 6) is -1.84. The summed E-state index contributed by atoms with van der Waals surface area (Å²) in [7, 11) is -4.41. The molecule has 3 aromatic rings. The van der Waals surface area contributed by atoms with Crippen molar-refractivity contribution in [3.63, 3.8) is 0 Å². The van der Waals surface area contributed by atoms with E-state index in [2.05, 4.69) is 19.8 Å². The number of ether oxygens (including phenoxy) is 3. The van der Waals surface area contributed by atoms with Gasteiger partial charge in [-0.2, -0.15) is 18.3 Å². The van der Waals surface area contributed by atoms with E-state index in [1.165, 1.54) is 19.1 Å². The first-order valence-corrected chi connectivity index (χ1v) is 16.1. The lowest BCUT2D eigenvalue weighted by Crippen LogP contribution is -2.55. The van der Waals surface area contributed by atoms with Crippen molar-refractivity contribution in [3.05, 3.63) is 71.1 Å². The fraction of sp³-hybridized carbons (Fsp3) is 0.379. The number of alkyl halides is 3. The molecule has 1 unspecified atom stereocenters. The molecule has 2 aromatic carbocycles. The highest BCUT2D eigenvalue weighted by Crippen LogP contribution is 2.33. The van der Waals surface area contributed by atoms with Crippen LogP contribution < -0.4 is 4.72 Å². The van der Waals surface area contributed by atoms with Crippen LogP contribution in [0.2, 0.25) is 0 Å². The van der Waals surface area contributed by atoms with Gasteiger partial charge in [-0.05, 0) is 44.2 Å². The second-order valence-electron chi connectivity index (χ2n) is 10.5. The number of hydrazine groups is 1. The number of sulfonamides is 1. The molecule has 1 aliphatic rings. The van der Waals surface area contributed by atoms with Gasteiger partial charge in [-0.25, -0.2) is 22.6 Å². The zero-order valence-electron chi connectivity index (χ0n) is 26.2. The second-order valence-corrected chi connectivity index (χ2v) is 12.2. The Morgan fingerprint density at radius 1 is 1.10 bits per heavy atom. The molecule has 1 aliphatic heterocycles. The number of nitrogens with one attached hydrogen (secondary N) is 1. The van der Waals surface area contributed by atoms with Crippen LogP contribution in [-0.2, 0) is 44.8 Å². The van der Waals surface area contributed by atoms with Crippen LogP contribution >= 0.6 is 0 Å². The number of carbonyl (C=O) groups excluding carboxylic acids is 3. The lowest BCUT2D eigenvalue weighted by molar-refractivity contribution is -0.728. The summed E-state index contributed by atoms with van der Waals surface area (Å²) < 4.78 is 83.3. The predicted molar refractivity (Wildman–Crippen MR) is 159 cm³/mol. The fourth-order valence-corrected chi connectivity index (χ4v) is 5.25. The highest BCUT2D eigenvalue weighted by atomic mass is 32.2. The fourth-order valence-electron chi connectivity index (χ4n) is 4.23. The van der Waals surface area contributed by atoms with Gasteiger partial charge in [0, 0.05) is 18.9 Å². The Morgan fingerprint density at radius 3 is 2.37 bits per heavy atom. The molecule has 264 valence electrons. The minimum Gasteiger partial charge on any atom is -0.569 e. The van der Waals surface area contributed by atoms with Crippen LogP contribution in [0.15, 0.2) is 64.8 Å². The number of hydrogen-bond acceptors (Lipinski definition) is 12. The van der Waals surface area contributed by atoms with Gasteiger partial charge in [0.2, 0.25) is 11.2 Å². The Labute approximate surface area is 277 Å². The van der Waals surface area contributed by atoms with Crippen LogP contribution in [0, 0.1) is 12.1 Å². The number of benzene rings is 2. The van der Waals surface area contributed by atoms with Crippen LogP contribution in [0.3, 0.4) is 0 Å². The molecule has 1 saturated heterocycles. The minimum atomic E-state index is -4.73. The van der Waals surface area contributed by atoms with Gasteiger partial charge in [-0.15, -0.1) is 5.01 Å². The largest absolute Gasteiger partial charge is 0.569 e. The SMILES string of the molecule is CCOC(=O)OC(C)ON=[N+]([O-])N1CC(OC(=O)CCC(=O)NS(=O)(=O)c2ccc(-n3nc(C(F)(F)F)cc3-c3ccc(C)cc3)cc2)C1. The smallest absolute Gasteiger partial charge is 0.511 e. The number of nitrogens with zero attached hydrogens (tertiary/aromatic N) is 5. The van der Waals surface area contributed by atoms with E-state index in [1.54, 1.807) is 31.2 Å². The molecule has 1 amide bonds. The van der Waals surface area contributed by atoms with E-state index in [-0.39, 0.29) is 40.9 Å². The van der Waals surface area contributed by atoms with Crippen molar-refractivity contribution >= 4 is 28.1 Å². The van der Waals surface area contributed by atoms with Crippen LogP contribution in [0.1, 0.15) is 37.9 Å². The molecule has 20 heteroatoms. The van der Waals surface area contributed by atoms with E-state index >= 15 is 0 Å². The molecule has 0 radical (unpaired) electrons. The quantitative estimate of drug-likeness (QED) is 0.0881. The zero-order chi connectivity index (χ0) is 35.9. The van der Waals surface area contributed by atoms with E-state index < -0.39 is 65.2 Å². The molecular formula is C29H31F3N6O10S. The normalized spacial score (nSPS) is 14.4. The van der Waals surface area contributed by atoms with Gasteiger partial charge < -0.3 is 19.4 Å². The Hall–Kier alpha value is -5.40. The van der Waals surface area contributed by atoms with E-state index in [4.69, 9.17) is 9.57 Å². The number of carbonyl (C=O) groups is 3. The number of aromatic nitrogens is 2. The molecule has 49 heavy (non-hydrogen) atoms. The maximum absolute atomic E-state index is 13.5. The average Bonchev–Trinajstić information content (AvgIpc) is 3.47. The predicted octanol–water partition coefficient (Wildman–Crippen LogP) is 4.01. The summed E-state index contributed by atoms with van der Waals surface area (Å²) in [5.41, 5.74) is 0.468. The lowest BCUT2D eigenvalue weighted by atomic mass is 10.1. The van der Waals surface area contributed by atoms with E-state index in [9.17, 15) is 41.2 Å². The molecule has 0 spiro atoms. The molecule has 1 N–H and O–H groups in total. The lowest BCUT2D eigenvalue weighted by Gasteiger charge is -2.33. The summed E-state index contributed by atoms with van der Waals surface area (Å²) in [6, 6.07) is 12.3. The third kappa shape index (κ3) is 9.81. The molecule has 2 heterocycles. The van der Waals surface area contributed by atoms with Crippen molar-refractivity contribution in [2.45, 2.75) is 57.1 Å². The third-order valence-electron chi connectivity index (χ3n) is 6.70. The van der Waals surface area contributed by atoms with Gasteiger partial charge in [-0.3, -0.25) is 14.4 Å². The second kappa shape index (κ2) is 15.2. The first-order chi connectivity index (χ1) is 23.0.